The van der Waals surface area contributed by atoms with E-state index in [1.54, 1.807) is 0 Å². The SMILES string of the molecule is C=C/C=C1/OC(=O)C(C(=O)OC)=C1C=C.CC. The summed E-state index contributed by atoms with van der Waals surface area (Å²) < 4.78 is 9.31. The van der Waals surface area contributed by atoms with E-state index in [0.717, 1.165) is 0 Å². The summed E-state index contributed by atoms with van der Waals surface area (Å²) in [6.45, 7) is 11.0. The van der Waals surface area contributed by atoms with Crippen molar-refractivity contribution in [3.63, 3.8) is 0 Å². The van der Waals surface area contributed by atoms with Gasteiger partial charge in [-0.1, -0.05) is 39.2 Å². The average Bonchev–Trinajstić information content (AvgIpc) is 2.67. The van der Waals surface area contributed by atoms with Gasteiger partial charge in [-0.25, -0.2) is 9.59 Å². The standard InChI is InChI=1S/C11H10O4.C2H6/c1-4-6-8-7(5-2)9(10(12)14-3)11(13)15-8;1-2/h4-6H,1-2H2,3H3;1-2H3/b8-6+;. The van der Waals surface area contributed by atoms with E-state index in [1.807, 2.05) is 13.8 Å². The molecule has 0 N–H and O–H groups in total. The number of carbonyl (C=O) groups is 2. The molecule has 1 heterocycles. The molecular weight excluding hydrogens is 220 g/mol. The van der Waals surface area contributed by atoms with Crippen LogP contribution in [0, 0.1) is 0 Å². The number of ether oxygens (including phenoxy) is 2. The Kier molecular flexibility index (Phi) is 6.33. The smallest absolute Gasteiger partial charge is 0.351 e. The van der Waals surface area contributed by atoms with Gasteiger partial charge in [0.2, 0.25) is 0 Å². The summed E-state index contributed by atoms with van der Waals surface area (Å²) in [6, 6.07) is 0. The molecule has 0 amide bonds. The molecule has 17 heavy (non-hydrogen) atoms. The third kappa shape index (κ3) is 3.17. The Hall–Kier alpha value is -2.10. The molecule has 0 fully saturated rings. The first-order valence-electron chi connectivity index (χ1n) is 5.16. The van der Waals surface area contributed by atoms with Gasteiger partial charge < -0.3 is 9.47 Å². The zero-order valence-electron chi connectivity index (χ0n) is 10.3. The van der Waals surface area contributed by atoms with Crippen molar-refractivity contribution in [1.82, 2.24) is 0 Å². The second-order valence-corrected chi connectivity index (χ2v) is 2.64. The molecule has 1 rings (SSSR count). The number of hydrogen-bond acceptors (Lipinski definition) is 4. The molecular formula is C13H16O4. The van der Waals surface area contributed by atoms with Crippen LogP contribution < -0.4 is 0 Å². The predicted molar refractivity (Wildman–Crippen MR) is 65.0 cm³/mol. The van der Waals surface area contributed by atoms with Crippen molar-refractivity contribution in [2.75, 3.05) is 7.11 Å². The molecule has 0 unspecified atom stereocenters. The van der Waals surface area contributed by atoms with Gasteiger partial charge in [-0.05, 0) is 6.08 Å². The Morgan fingerprint density at radius 1 is 1.35 bits per heavy atom. The van der Waals surface area contributed by atoms with Crippen LogP contribution in [0.15, 0.2) is 48.3 Å². The fraction of sp³-hybridized carbons (Fsp3) is 0.231. The van der Waals surface area contributed by atoms with Crippen LogP contribution in [0.3, 0.4) is 0 Å². The highest BCUT2D eigenvalue weighted by molar-refractivity contribution is 6.17. The lowest BCUT2D eigenvalue weighted by molar-refractivity contribution is -0.141. The second-order valence-electron chi connectivity index (χ2n) is 2.64. The van der Waals surface area contributed by atoms with Gasteiger partial charge >= 0.3 is 11.9 Å². The van der Waals surface area contributed by atoms with Crippen molar-refractivity contribution in [3.05, 3.63) is 48.3 Å². The van der Waals surface area contributed by atoms with Crippen LogP contribution in [0.2, 0.25) is 0 Å². The fourth-order valence-corrected chi connectivity index (χ4v) is 1.17. The molecule has 0 aromatic heterocycles. The second kappa shape index (κ2) is 7.22. The Labute approximate surface area is 101 Å². The normalized spacial score (nSPS) is 15.9. The number of allylic oxidation sites excluding steroid dienone is 3. The number of methoxy groups -OCH3 is 1. The molecule has 0 aliphatic carbocycles. The van der Waals surface area contributed by atoms with Crippen molar-refractivity contribution in [3.8, 4) is 0 Å². The van der Waals surface area contributed by atoms with E-state index in [1.165, 1.54) is 25.3 Å². The number of hydrogen-bond donors (Lipinski definition) is 0. The van der Waals surface area contributed by atoms with Crippen LogP contribution in [0.1, 0.15) is 13.8 Å². The molecule has 0 radical (unpaired) electrons. The Bertz CT molecular complexity index is 400. The highest BCUT2D eigenvalue weighted by Gasteiger charge is 2.33. The van der Waals surface area contributed by atoms with E-state index >= 15 is 0 Å². The number of esters is 2. The quantitative estimate of drug-likeness (QED) is 0.557. The lowest BCUT2D eigenvalue weighted by Crippen LogP contribution is -2.12. The minimum Gasteiger partial charge on any atom is -0.465 e. The van der Waals surface area contributed by atoms with E-state index in [2.05, 4.69) is 17.9 Å². The van der Waals surface area contributed by atoms with Crippen molar-refractivity contribution in [2.45, 2.75) is 13.8 Å². The first-order valence-corrected chi connectivity index (χ1v) is 5.16. The molecule has 0 aromatic rings. The summed E-state index contributed by atoms with van der Waals surface area (Å²) in [4.78, 5) is 22.6. The molecule has 1 aliphatic heterocycles. The maximum absolute atomic E-state index is 11.3. The molecule has 0 atom stereocenters. The van der Waals surface area contributed by atoms with E-state index in [4.69, 9.17) is 4.74 Å². The molecule has 0 saturated heterocycles. The van der Waals surface area contributed by atoms with Crippen LogP contribution in [-0.4, -0.2) is 19.0 Å². The maximum Gasteiger partial charge on any atom is 0.351 e. The number of carbonyl (C=O) groups excluding carboxylic acids is 2. The average molecular weight is 236 g/mol. The van der Waals surface area contributed by atoms with E-state index in [9.17, 15) is 9.59 Å². The van der Waals surface area contributed by atoms with E-state index in [0.29, 0.717) is 5.57 Å². The third-order valence-electron chi connectivity index (χ3n) is 1.80. The summed E-state index contributed by atoms with van der Waals surface area (Å²) in [5, 5.41) is 0. The minimum atomic E-state index is -0.734. The number of rotatable bonds is 3. The van der Waals surface area contributed by atoms with Crippen LogP contribution in [-0.2, 0) is 19.1 Å². The summed E-state index contributed by atoms with van der Waals surface area (Å²) in [5.74, 6) is -1.21. The molecule has 0 aromatic carbocycles. The molecule has 4 heteroatoms. The third-order valence-corrected chi connectivity index (χ3v) is 1.80. The zero-order chi connectivity index (χ0) is 13.4. The van der Waals surface area contributed by atoms with Crippen molar-refractivity contribution in [1.29, 1.82) is 0 Å². The maximum atomic E-state index is 11.3. The van der Waals surface area contributed by atoms with Crippen molar-refractivity contribution in [2.24, 2.45) is 0 Å². The topological polar surface area (TPSA) is 52.6 Å². The van der Waals surface area contributed by atoms with Gasteiger partial charge in [0, 0.05) is 5.57 Å². The first kappa shape index (κ1) is 14.9. The Balaban J connectivity index is 0.00000121. The molecule has 0 saturated carbocycles. The lowest BCUT2D eigenvalue weighted by Gasteiger charge is -1.96. The van der Waals surface area contributed by atoms with Gasteiger partial charge in [0.1, 0.15) is 5.76 Å². The predicted octanol–water partition coefficient (Wildman–Crippen LogP) is 2.29. The van der Waals surface area contributed by atoms with Gasteiger partial charge in [0.15, 0.2) is 5.57 Å². The zero-order valence-corrected chi connectivity index (χ0v) is 10.3. The van der Waals surface area contributed by atoms with Crippen LogP contribution in [0.4, 0.5) is 0 Å². The van der Waals surface area contributed by atoms with Crippen LogP contribution in [0.25, 0.3) is 0 Å². The molecule has 0 spiro atoms. The lowest BCUT2D eigenvalue weighted by atomic mass is 10.1. The summed E-state index contributed by atoms with van der Waals surface area (Å²) in [7, 11) is 1.19. The molecule has 0 bridgehead atoms. The van der Waals surface area contributed by atoms with Crippen LogP contribution in [0.5, 0.6) is 0 Å². The highest BCUT2D eigenvalue weighted by atomic mass is 16.6. The van der Waals surface area contributed by atoms with Crippen molar-refractivity contribution < 1.29 is 19.1 Å². The summed E-state index contributed by atoms with van der Waals surface area (Å²) >= 11 is 0. The minimum absolute atomic E-state index is 0.138. The van der Waals surface area contributed by atoms with Gasteiger partial charge in [0.25, 0.3) is 0 Å². The highest BCUT2D eigenvalue weighted by Crippen LogP contribution is 2.27. The number of cyclic esters (lactones) is 1. The summed E-state index contributed by atoms with van der Waals surface area (Å²) in [6.07, 6.45) is 4.30. The van der Waals surface area contributed by atoms with Crippen LogP contribution >= 0.6 is 0 Å². The molecule has 1 aliphatic rings. The van der Waals surface area contributed by atoms with Crippen molar-refractivity contribution >= 4 is 11.9 Å². The monoisotopic (exact) mass is 236 g/mol. The van der Waals surface area contributed by atoms with Gasteiger partial charge in [0.05, 0.1) is 7.11 Å². The summed E-state index contributed by atoms with van der Waals surface area (Å²) in [5.41, 5.74) is 0.187. The van der Waals surface area contributed by atoms with Gasteiger partial charge in [-0.2, -0.15) is 0 Å². The Morgan fingerprint density at radius 3 is 2.35 bits per heavy atom. The van der Waals surface area contributed by atoms with E-state index < -0.39 is 11.9 Å². The van der Waals surface area contributed by atoms with Gasteiger partial charge in [-0.3, -0.25) is 0 Å². The first-order chi connectivity index (χ1) is 8.15. The largest absolute Gasteiger partial charge is 0.465 e. The fourth-order valence-electron chi connectivity index (χ4n) is 1.17. The molecule has 4 nitrogen and oxygen atoms in total. The molecule has 92 valence electrons. The van der Waals surface area contributed by atoms with E-state index in [-0.39, 0.29) is 11.3 Å². The van der Waals surface area contributed by atoms with Gasteiger partial charge in [-0.15, -0.1) is 0 Å². The Morgan fingerprint density at radius 2 is 1.94 bits per heavy atom.